The van der Waals surface area contributed by atoms with Gasteiger partial charge >= 0.3 is 312 Å². The van der Waals surface area contributed by atoms with Crippen LogP contribution in [0.3, 0.4) is 0 Å². The summed E-state index contributed by atoms with van der Waals surface area (Å²) < 4.78 is 85.0. The third kappa shape index (κ3) is 6.55. The van der Waals surface area contributed by atoms with Crippen molar-refractivity contribution in [3.05, 3.63) is 153 Å². The van der Waals surface area contributed by atoms with Crippen molar-refractivity contribution in [1.82, 2.24) is 0 Å². The van der Waals surface area contributed by atoms with E-state index in [1.54, 1.807) is 12.2 Å². The zero-order chi connectivity index (χ0) is 38.4. The molecule has 0 saturated carbocycles. The Bertz CT molecular complexity index is 2090. The average Bonchev–Trinajstić information content (AvgIpc) is 3.66. The molecule has 4 aromatic rings. The first-order chi connectivity index (χ1) is 23.8. The van der Waals surface area contributed by atoms with Gasteiger partial charge in [-0.15, -0.1) is 0 Å². The molecule has 0 amide bonds. The van der Waals surface area contributed by atoms with Crippen molar-refractivity contribution in [3.63, 3.8) is 0 Å². The SMILES string of the molecule is Cc1cc2c(cc1C(C)(C)C)-c1cc(C(C)(C)C)c(C)cc1[CH]2[Zr]([Cl])([Cl])(=[C](c1cccc(C(F)(F)F)c1)c1cccc(C(F)(F)F)c1)[CH]1C=CC=C1. The van der Waals surface area contributed by atoms with E-state index in [2.05, 4.69) is 65.8 Å². The monoisotopic (exact) mass is 832 g/mol. The molecule has 0 radical (unpaired) electrons. The van der Waals surface area contributed by atoms with Gasteiger partial charge in [-0.2, -0.15) is 0 Å². The predicted octanol–water partition coefficient (Wildman–Crippen LogP) is 14.2. The van der Waals surface area contributed by atoms with Crippen LogP contribution in [0.5, 0.6) is 0 Å². The molecule has 0 aliphatic heterocycles. The zero-order valence-corrected chi connectivity index (χ0v) is 34.4. The molecule has 274 valence electrons. The van der Waals surface area contributed by atoms with Gasteiger partial charge in [0.2, 0.25) is 0 Å². The summed E-state index contributed by atoms with van der Waals surface area (Å²) in [5, 5.41) is 0. The Kier molecular flexibility index (Phi) is 9.50. The molecule has 4 aromatic carbocycles. The van der Waals surface area contributed by atoms with Crippen molar-refractivity contribution in [2.45, 2.75) is 85.8 Å². The number of halogens is 8. The normalized spacial score (nSPS) is 15.7. The molecule has 0 bridgehead atoms. The summed E-state index contributed by atoms with van der Waals surface area (Å²) in [7, 11) is 16.9. The zero-order valence-electron chi connectivity index (χ0n) is 30.4. The Morgan fingerprint density at radius 2 is 0.962 bits per heavy atom. The molecule has 52 heavy (non-hydrogen) atoms. The minimum absolute atomic E-state index is 0.0551. The van der Waals surface area contributed by atoms with Crippen molar-refractivity contribution in [3.8, 4) is 11.1 Å². The van der Waals surface area contributed by atoms with E-state index < -0.39 is 46.6 Å². The molecular formula is C43H42Cl2F6Zr. The summed E-state index contributed by atoms with van der Waals surface area (Å²) >= 11 is -6.30. The summed E-state index contributed by atoms with van der Waals surface area (Å²) in [4.78, 5) is 0. The number of allylic oxidation sites excluding steroid dienone is 4. The third-order valence-electron chi connectivity index (χ3n) is 10.6. The minimum atomic E-state index is -6.30. The maximum atomic E-state index is 14.4. The molecule has 0 unspecified atom stereocenters. The second-order valence-electron chi connectivity index (χ2n) is 16.4. The van der Waals surface area contributed by atoms with Crippen LogP contribution in [0.25, 0.3) is 11.1 Å². The van der Waals surface area contributed by atoms with Gasteiger partial charge in [0.15, 0.2) is 0 Å². The third-order valence-corrected chi connectivity index (χ3v) is 30.3. The fourth-order valence-electron chi connectivity index (χ4n) is 8.47. The second-order valence-corrected chi connectivity index (χ2v) is 37.2. The van der Waals surface area contributed by atoms with Crippen LogP contribution >= 0.6 is 17.0 Å². The van der Waals surface area contributed by atoms with E-state index in [1.807, 2.05) is 26.0 Å². The van der Waals surface area contributed by atoms with E-state index >= 15 is 0 Å². The molecule has 6 rings (SSSR count). The van der Waals surface area contributed by atoms with E-state index in [9.17, 15) is 26.3 Å². The van der Waals surface area contributed by atoms with Gasteiger partial charge < -0.3 is 0 Å². The predicted molar refractivity (Wildman–Crippen MR) is 200 cm³/mol. The van der Waals surface area contributed by atoms with Gasteiger partial charge in [0.1, 0.15) is 0 Å². The summed E-state index contributed by atoms with van der Waals surface area (Å²) in [6.45, 7) is 16.9. The van der Waals surface area contributed by atoms with Crippen LogP contribution in [0.15, 0.2) is 97.1 Å². The molecule has 9 heteroatoms. The number of benzene rings is 4. The summed E-state index contributed by atoms with van der Waals surface area (Å²) in [5.41, 5.74) is 5.56. The quantitative estimate of drug-likeness (QED) is 0.180. The van der Waals surface area contributed by atoms with Gasteiger partial charge in [-0.05, 0) is 0 Å². The number of hydrogen-bond donors (Lipinski definition) is 0. The fourth-order valence-corrected chi connectivity index (χ4v) is 27.8. The summed E-state index contributed by atoms with van der Waals surface area (Å²) in [6, 6.07) is 17.9. The van der Waals surface area contributed by atoms with E-state index in [-0.39, 0.29) is 25.2 Å². The number of hydrogen-bond acceptors (Lipinski definition) is 0. The van der Waals surface area contributed by atoms with Crippen molar-refractivity contribution < 1.29 is 42.3 Å². The molecule has 0 spiro atoms. The van der Waals surface area contributed by atoms with Crippen molar-refractivity contribution >= 4 is 20.2 Å². The Morgan fingerprint density at radius 3 is 1.31 bits per heavy atom. The molecule has 0 fully saturated rings. The van der Waals surface area contributed by atoms with Crippen molar-refractivity contribution in [1.29, 1.82) is 0 Å². The molecule has 2 aliphatic carbocycles. The van der Waals surface area contributed by atoms with Gasteiger partial charge in [-0.1, -0.05) is 0 Å². The maximum absolute atomic E-state index is 14.4. The van der Waals surface area contributed by atoms with Gasteiger partial charge in [0, 0.05) is 0 Å². The molecule has 0 aromatic heterocycles. The molecule has 0 heterocycles. The standard InChI is InChI=1S/C23H29.C15H8F6.C5H5.2ClH.Zr/c1-14-9-16-11-17-10-15(2)21(23(6,7)8)13-19(17)18(16)12-20(14)22(3,4)5;16-14(17,18)12-5-1-3-10(8-12)7-11-4-2-6-13(9-11)15(19,20)21;1-2-4-5-3-1;;;/h9-13H,1-8H3;1-6,8-9H;1-5H;2*1H;/q;;;;;+2/p-2. The van der Waals surface area contributed by atoms with Crippen LogP contribution < -0.4 is 0 Å². The Morgan fingerprint density at radius 1 is 0.577 bits per heavy atom. The van der Waals surface area contributed by atoms with Crippen molar-refractivity contribution in [2.24, 2.45) is 0 Å². The Labute approximate surface area is 310 Å². The van der Waals surface area contributed by atoms with Crippen LogP contribution in [0.4, 0.5) is 26.3 Å². The molecule has 0 atom stereocenters. The first-order valence-corrected chi connectivity index (χ1v) is 27.7. The first kappa shape index (κ1) is 39.0. The number of aryl methyl sites for hydroxylation is 2. The molecule has 2 aliphatic rings. The Hall–Kier alpha value is -2.73. The van der Waals surface area contributed by atoms with E-state index in [0.717, 1.165) is 68.8 Å². The second kappa shape index (κ2) is 12.7. The van der Waals surface area contributed by atoms with Crippen LogP contribution in [0.1, 0.15) is 101 Å². The Balaban J connectivity index is 1.89. The van der Waals surface area contributed by atoms with E-state index in [4.69, 9.17) is 17.0 Å². The van der Waals surface area contributed by atoms with E-state index in [0.29, 0.717) is 0 Å². The van der Waals surface area contributed by atoms with Crippen molar-refractivity contribution in [2.75, 3.05) is 0 Å². The number of fused-ring (bicyclic) bond motifs is 3. The van der Waals surface area contributed by atoms with Gasteiger partial charge in [-0.25, -0.2) is 0 Å². The van der Waals surface area contributed by atoms with Gasteiger partial charge in [-0.3, -0.25) is 0 Å². The molecule has 0 N–H and O–H groups in total. The number of alkyl halides is 6. The van der Waals surface area contributed by atoms with Crippen LogP contribution in [0.2, 0.25) is 3.63 Å². The van der Waals surface area contributed by atoms with Crippen LogP contribution in [-0.4, -0.2) is 3.21 Å². The molecule has 0 nitrogen and oxygen atoms in total. The van der Waals surface area contributed by atoms with Gasteiger partial charge in [0.25, 0.3) is 0 Å². The molecule has 0 saturated heterocycles. The average molecular weight is 835 g/mol. The van der Waals surface area contributed by atoms with Crippen LogP contribution in [0, 0.1) is 13.8 Å². The summed E-state index contributed by atoms with van der Waals surface area (Å²) in [6.07, 6.45) is -2.12. The topological polar surface area (TPSA) is 0 Å². The van der Waals surface area contributed by atoms with Crippen LogP contribution in [-0.2, 0) is 39.1 Å². The molecular weight excluding hydrogens is 793 g/mol. The number of rotatable bonds is 4. The first-order valence-electron chi connectivity index (χ1n) is 17.3. The van der Waals surface area contributed by atoms with Gasteiger partial charge in [0.05, 0.1) is 0 Å². The van der Waals surface area contributed by atoms with E-state index in [1.165, 1.54) is 24.3 Å². The fraction of sp³-hybridized carbons (Fsp3) is 0.326. The summed E-state index contributed by atoms with van der Waals surface area (Å²) in [5.74, 6) is 0.